The van der Waals surface area contributed by atoms with Crippen LogP contribution in [0.2, 0.25) is 10.0 Å². The van der Waals surface area contributed by atoms with Gasteiger partial charge in [-0.2, -0.15) is 0 Å². The van der Waals surface area contributed by atoms with Crippen LogP contribution in [0, 0.1) is 0 Å². The molecule has 0 amide bonds. The van der Waals surface area contributed by atoms with Gasteiger partial charge in [0.25, 0.3) is 0 Å². The number of anilines is 1. The van der Waals surface area contributed by atoms with Gasteiger partial charge in [0.1, 0.15) is 11.6 Å². The Morgan fingerprint density at radius 1 is 1.10 bits per heavy atom. The first kappa shape index (κ1) is 13.2. The number of H-pyrrole nitrogens is 1. The normalized spacial score (nSPS) is 11.0. The second-order valence-corrected chi connectivity index (χ2v) is 5.48. The molecule has 6 heteroatoms. The molecule has 1 aromatic carbocycles. The van der Waals surface area contributed by atoms with Crippen LogP contribution < -0.4 is 4.90 Å². The van der Waals surface area contributed by atoms with Crippen molar-refractivity contribution >= 4 is 40.1 Å². The van der Waals surface area contributed by atoms with E-state index < -0.39 is 0 Å². The Balaban J connectivity index is 2.12. The molecule has 1 N–H and O–H groups in total. The number of nitrogens with one attached hydrogen (secondary N) is 1. The molecule has 0 unspecified atom stereocenters. The quantitative estimate of drug-likeness (QED) is 0.778. The number of halogens is 2. The molecule has 20 heavy (non-hydrogen) atoms. The van der Waals surface area contributed by atoms with E-state index in [-0.39, 0.29) is 0 Å². The van der Waals surface area contributed by atoms with Crippen molar-refractivity contribution in [1.29, 1.82) is 0 Å². The van der Waals surface area contributed by atoms with Crippen LogP contribution in [0.4, 0.5) is 5.82 Å². The number of hydrogen-bond acceptors (Lipinski definition) is 3. The molecule has 2 aromatic heterocycles. The lowest BCUT2D eigenvalue weighted by Crippen LogP contribution is -2.10. The Bertz CT molecular complexity index is 741. The van der Waals surface area contributed by atoms with Crippen molar-refractivity contribution < 1.29 is 0 Å². The largest absolute Gasteiger partial charge is 0.363 e. The summed E-state index contributed by atoms with van der Waals surface area (Å²) in [5, 5.41) is 1.01. The van der Waals surface area contributed by atoms with Gasteiger partial charge in [-0.05, 0) is 24.3 Å². The first-order chi connectivity index (χ1) is 9.54. The first-order valence-electron chi connectivity index (χ1n) is 6.03. The van der Waals surface area contributed by atoms with Crippen molar-refractivity contribution in [2.45, 2.75) is 0 Å². The summed E-state index contributed by atoms with van der Waals surface area (Å²) in [5.41, 5.74) is 2.61. The summed E-state index contributed by atoms with van der Waals surface area (Å²) < 4.78 is 0. The molecule has 3 aromatic rings. The lowest BCUT2D eigenvalue weighted by atomic mass is 10.2. The van der Waals surface area contributed by atoms with E-state index in [0.717, 1.165) is 28.2 Å². The predicted molar refractivity (Wildman–Crippen MR) is 83.7 cm³/mol. The van der Waals surface area contributed by atoms with Crippen molar-refractivity contribution in [1.82, 2.24) is 15.0 Å². The third-order valence-corrected chi connectivity index (χ3v) is 3.72. The minimum atomic E-state index is 0.501. The van der Waals surface area contributed by atoms with Gasteiger partial charge in [0, 0.05) is 25.9 Å². The summed E-state index contributed by atoms with van der Waals surface area (Å²) in [6.45, 7) is 0. The number of hydrogen-bond donors (Lipinski definition) is 1. The van der Waals surface area contributed by atoms with E-state index >= 15 is 0 Å². The van der Waals surface area contributed by atoms with Crippen molar-refractivity contribution in [3.8, 4) is 11.4 Å². The van der Waals surface area contributed by atoms with E-state index in [1.165, 1.54) is 0 Å². The molecule has 0 atom stereocenters. The maximum absolute atomic E-state index is 6.01. The number of aromatic amines is 1. The number of benzene rings is 1. The van der Waals surface area contributed by atoms with Crippen molar-refractivity contribution in [2.75, 3.05) is 19.0 Å². The standard InChI is InChI=1S/C14H12Cl2N4/c1-20(2)13-5-8(3-4-17-13)14-18-11-6-9(15)10(16)7-12(11)19-14/h3-7H,1-2H3,(H,18,19). The molecule has 0 aliphatic heterocycles. The fourth-order valence-electron chi connectivity index (χ4n) is 1.95. The van der Waals surface area contributed by atoms with Crippen molar-refractivity contribution in [3.05, 3.63) is 40.5 Å². The number of pyridine rings is 1. The molecule has 3 rings (SSSR count). The molecule has 0 saturated carbocycles. The van der Waals surface area contributed by atoms with Gasteiger partial charge in [-0.1, -0.05) is 23.2 Å². The Morgan fingerprint density at radius 2 is 1.85 bits per heavy atom. The molecule has 2 heterocycles. The average Bonchev–Trinajstić information content (AvgIpc) is 2.82. The maximum atomic E-state index is 6.01. The molecule has 0 aliphatic carbocycles. The molecule has 0 spiro atoms. The molecule has 0 saturated heterocycles. The van der Waals surface area contributed by atoms with Gasteiger partial charge >= 0.3 is 0 Å². The van der Waals surface area contributed by atoms with E-state index in [2.05, 4.69) is 15.0 Å². The zero-order chi connectivity index (χ0) is 14.3. The fraction of sp³-hybridized carbons (Fsp3) is 0.143. The highest BCUT2D eigenvalue weighted by Gasteiger charge is 2.09. The molecular formula is C14H12Cl2N4. The summed E-state index contributed by atoms with van der Waals surface area (Å²) in [4.78, 5) is 14.0. The number of nitrogens with zero attached hydrogens (tertiary/aromatic N) is 3. The number of rotatable bonds is 2. The average molecular weight is 307 g/mol. The predicted octanol–water partition coefficient (Wildman–Crippen LogP) is 4.00. The molecule has 0 aliphatic rings. The minimum Gasteiger partial charge on any atom is -0.363 e. The van der Waals surface area contributed by atoms with Gasteiger partial charge in [-0.3, -0.25) is 0 Å². The van der Waals surface area contributed by atoms with Gasteiger partial charge in [0.2, 0.25) is 0 Å². The number of fused-ring (bicyclic) bond motifs is 1. The Labute approximate surface area is 126 Å². The third kappa shape index (κ3) is 2.32. The summed E-state index contributed by atoms with van der Waals surface area (Å²) in [6.07, 6.45) is 1.76. The highest BCUT2D eigenvalue weighted by Crippen LogP contribution is 2.29. The topological polar surface area (TPSA) is 44.8 Å². The van der Waals surface area contributed by atoms with Crippen LogP contribution in [0.1, 0.15) is 0 Å². The Kier molecular flexibility index (Phi) is 3.28. The second kappa shape index (κ2) is 4.96. The summed E-state index contributed by atoms with van der Waals surface area (Å²) in [5.74, 6) is 1.64. The zero-order valence-electron chi connectivity index (χ0n) is 11.0. The van der Waals surface area contributed by atoms with Crippen LogP contribution in [-0.2, 0) is 0 Å². The van der Waals surface area contributed by atoms with Gasteiger partial charge in [-0.15, -0.1) is 0 Å². The van der Waals surface area contributed by atoms with E-state index in [4.69, 9.17) is 23.2 Å². The summed E-state index contributed by atoms with van der Waals surface area (Å²) in [7, 11) is 3.90. The summed E-state index contributed by atoms with van der Waals surface area (Å²) >= 11 is 12.0. The third-order valence-electron chi connectivity index (χ3n) is 3.00. The maximum Gasteiger partial charge on any atom is 0.138 e. The smallest absolute Gasteiger partial charge is 0.138 e. The lowest BCUT2D eigenvalue weighted by Gasteiger charge is -2.11. The van der Waals surface area contributed by atoms with Crippen LogP contribution >= 0.6 is 23.2 Å². The van der Waals surface area contributed by atoms with E-state index in [1.807, 2.05) is 31.1 Å². The van der Waals surface area contributed by atoms with E-state index in [0.29, 0.717) is 10.0 Å². The Morgan fingerprint density at radius 3 is 2.60 bits per heavy atom. The molecular weight excluding hydrogens is 295 g/mol. The van der Waals surface area contributed by atoms with Crippen LogP contribution in [-0.4, -0.2) is 29.0 Å². The highest BCUT2D eigenvalue weighted by molar-refractivity contribution is 6.42. The van der Waals surface area contributed by atoms with Crippen LogP contribution in [0.5, 0.6) is 0 Å². The monoisotopic (exact) mass is 306 g/mol. The van der Waals surface area contributed by atoms with Crippen molar-refractivity contribution in [2.24, 2.45) is 0 Å². The summed E-state index contributed by atoms with van der Waals surface area (Å²) in [6, 6.07) is 7.42. The van der Waals surface area contributed by atoms with Crippen LogP contribution in [0.15, 0.2) is 30.5 Å². The first-order valence-corrected chi connectivity index (χ1v) is 6.79. The van der Waals surface area contributed by atoms with Crippen LogP contribution in [0.3, 0.4) is 0 Å². The zero-order valence-corrected chi connectivity index (χ0v) is 12.5. The number of imidazole rings is 1. The number of aromatic nitrogens is 3. The van der Waals surface area contributed by atoms with Crippen LogP contribution in [0.25, 0.3) is 22.4 Å². The van der Waals surface area contributed by atoms with Gasteiger partial charge < -0.3 is 9.88 Å². The molecule has 0 bridgehead atoms. The molecule has 0 fully saturated rings. The van der Waals surface area contributed by atoms with Gasteiger partial charge in [0.05, 0.1) is 21.1 Å². The minimum absolute atomic E-state index is 0.501. The van der Waals surface area contributed by atoms with Gasteiger partial charge in [0.15, 0.2) is 0 Å². The molecule has 0 radical (unpaired) electrons. The Hall–Kier alpha value is -1.78. The van der Waals surface area contributed by atoms with Crippen molar-refractivity contribution in [3.63, 3.8) is 0 Å². The van der Waals surface area contributed by atoms with E-state index in [9.17, 15) is 0 Å². The SMILES string of the molecule is CN(C)c1cc(-c2nc3cc(Cl)c(Cl)cc3[nH]2)ccn1. The molecule has 102 valence electrons. The fourth-order valence-corrected chi connectivity index (χ4v) is 2.27. The molecule has 4 nitrogen and oxygen atoms in total. The second-order valence-electron chi connectivity index (χ2n) is 4.67. The van der Waals surface area contributed by atoms with E-state index in [1.54, 1.807) is 18.3 Å². The highest BCUT2D eigenvalue weighted by atomic mass is 35.5. The van der Waals surface area contributed by atoms with Gasteiger partial charge in [-0.25, -0.2) is 9.97 Å². The lowest BCUT2D eigenvalue weighted by molar-refractivity contribution is 1.07.